The highest BCUT2D eigenvalue weighted by Gasteiger charge is 2.18. The number of ether oxygens (including phenoxy) is 3. The normalized spacial score (nSPS) is 16.9. The number of hydrogen-bond acceptors (Lipinski definition) is 6. The SMILES string of the molecule is COc1ccc(CN(CCN2CCOCC2)CC(O)C(C)C)cc1OC. The highest BCUT2D eigenvalue weighted by atomic mass is 16.5. The second-order valence-electron chi connectivity index (χ2n) is 7.19. The summed E-state index contributed by atoms with van der Waals surface area (Å²) >= 11 is 0. The number of aliphatic hydroxyl groups excluding tert-OH is 1. The first-order valence-corrected chi connectivity index (χ1v) is 9.45. The van der Waals surface area contributed by atoms with Gasteiger partial charge in [0.15, 0.2) is 11.5 Å². The van der Waals surface area contributed by atoms with Crippen LogP contribution in [0.1, 0.15) is 19.4 Å². The number of morpholine rings is 1. The maximum absolute atomic E-state index is 10.4. The highest BCUT2D eigenvalue weighted by Crippen LogP contribution is 2.28. The zero-order valence-corrected chi connectivity index (χ0v) is 16.6. The van der Waals surface area contributed by atoms with E-state index in [2.05, 4.69) is 29.7 Å². The lowest BCUT2D eigenvalue weighted by molar-refractivity contribution is 0.0260. The van der Waals surface area contributed by atoms with Crippen molar-refractivity contribution in [3.8, 4) is 11.5 Å². The zero-order chi connectivity index (χ0) is 18.9. The summed E-state index contributed by atoms with van der Waals surface area (Å²) in [5.74, 6) is 1.71. The Morgan fingerprint density at radius 2 is 1.85 bits per heavy atom. The third-order valence-electron chi connectivity index (χ3n) is 4.91. The monoisotopic (exact) mass is 366 g/mol. The first kappa shape index (κ1) is 21.0. The molecule has 1 atom stereocenters. The Balaban J connectivity index is 2.02. The van der Waals surface area contributed by atoms with E-state index in [-0.39, 0.29) is 12.0 Å². The molecule has 0 bridgehead atoms. The van der Waals surface area contributed by atoms with Crippen molar-refractivity contribution in [2.24, 2.45) is 5.92 Å². The number of nitrogens with zero attached hydrogens (tertiary/aromatic N) is 2. The van der Waals surface area contributed by atoms with Crippen LogP contribution in [0, 0.1) is 5.92 Å². The first-order chi connectivity index (χ1) is 12.5. The molecule has 0 radical (unpaired) electrons. The van der Waals surface area contributed by atoms with Crippen LogP contribution in [0.2, 0.25) is 0 Å². The minimum atomic E-state index is -0.333. The van der Waals surface area contributed by atoms with Crippen molar-refractivity contribution >= 4 is 0 Å². The Morgan fingerprint density at radius 1 is 1.15 bits per heavy atom. The van der Waals surface area contributed by atoms with Crippen LogP contribution in [0.5, 0.6) is 11.5 Å². The minimum Gasteiger partial charge on any atom is -0.493 e. The highest BCUT2D eigenvalue weighted by molar-refractivity contribution is 5.42. The van der Waals surface area contributed by atoms with Crippen LogP contribution in [0.25, 0.3) is 0 Å². The van der Waals surface area contributed by atoms with E-state index in [1.54, 1.807) is 14.2 Å². The topological polar surface area (TPSA) is 54.4 Å². The summed E-state index contributed by atoms with van der Waals surface area (Å²) in [6, 6.07) is 6.01. The Morgan fingerprint density at radius 3 is 2.46 bits per heavy atom. The molecule has 1 heterocycles. The lowest BCUT2D eigenvalue weighted by Gasteiger charge is -2.31. The van der Waals surface area contributed by atoms with Gasteiger partial charge in [0.25, 0.3) is 0 Å². The molecule has 1 aliphatic heterocycles. The van der Waals surface area contributed by atoms with Gasteiger partial charge in [-0.25, -0.2) is 0 Å². The molecule has 0 spiro atoms. The molecule has 0 aromatic heterocycles. The van der Waals surface area contributed by atoms with Crippen LogP contribution in [0.4, 0.5) is 0 Å². The van der Waals surface area contributed by atoms with Gasteiger partial charge in [0, 0.05) is 39.3 Å². The number of rotatable bonds is 10. The predicted molar refractivity (Wildman–Crippen MR) is 103 cm³/mol. The Hall–Kier alpha value is -1.34. The van der Waals surface area contributed by atoms with Gasteiger partial charge in [0.1, 0.15) is 0 Å². The average molecular weight is 367 g/mol. The van der Waals surface area contributed by atoms with Crippen LogP contribution < -0.4 is 9.47 Å². The average Bonchev–Trinajstić information content (AvgIpc) is 2.66. The number of benzene rings is 1. The molecule has 1 aromatic carbocycles. The summed E-state index contributed by atoms with van der Waals surface area (Å²) in [6.07, 6.45) is -0.333. The van der Waals surface area contributed by atoms with Gasteiger partial charge in [-0.1, -0.05) is 19.9 Å². The van der Waals surface area contributed by atoms with Gasteiger partial charge in [-0.2, -0.15) is 0 Å². The van der Waals surface area contributed by atoms with E-state index in [9.17, 15) is 5.11 Å². The fraction of sp³-hybridized carbons (Fsp3) is 0.700. The third-order valence-corrected chi connectivity index (χ3v) is 4.91. The summed E-state index contributed by atoms with van der Waals surface area (Å²) < 4.78 is 16.2. The Kier molecular flexibility index (Phi) is 8.65. The quantitative estimate of drug-likeness (QED) is 0.682. The lowest BCUT2D eigenvalue weighted by atomic mass is 10.1. The molecule has 1 unspecified atom stereocenters. The van der Waals surface area contributed by atoms with E-state index in [4.69, 9.17) is 14.2 Å². The largest absolute Gasteiger partial charge is 0.493 e. The molecule has 2 rings (SSSR count). The molecule has 1 aliphatic rings. The van der Waals surface area contributed by atoms with E-state index in [0.717, 1.165) is 63.0 Å². The molecule has 6 nitrogen and oxygen atoms in total. The van der Waals surface area contributed by atoms with Crippen molar-refractivity contribution in [2.45, 2.75) is 26.5 Å². The minimum absolute atomic E-state index is 0.242. The van der Waals surface area contributed by atoms with Gasteiger partial charge < -0.3 is 19.3 Å². The van der Waals surface area contributed by atoms with E-state index >= 15 is 0 Å². The van der Waals surface area contributed by atoms with Crippen LogP contribution in [-0.2, 0) is 11.3 Å². The van der Waals surface area contributed by atoms with E-state index in [1.165, 1.54) is 0 Å². The van der Waals surface area contributed by atoms with Gasteiger partial charge in [0.2, 0.25) is 0 Å². The van der Waals surface area contributed by atoms with Gasteiger partial charge in [-0.05, 0) is 23.6 Å². The van der Waals surface area contributed by atoms with Crippen LogP contribution in [0.15, 0.2) is 18.2 Å². The fourth-order valence-corrected chi connectivity index (χ4v) is 3.06. The predicted octanol–water partition coefficient (Wildman–Crippen LogP) is 1.85. The molecule has 0 amide bonds. The van der Waals surface area contributed by atoms with Crippen LogP contribution in [-0.4, -0.2) is 81.2 Å². The zero-order valence-electron chi connectivity index (χ0n) is 16.6. The van der Waals surface area contributed by atoms with Crippen LogP contribution in [0.3, 0.4) is 0 Å². The van der Waals surface area contributed by atoms with Gasteiger partial charge in [0.05, 0.1) is 33.5 Å². The Labute approximate surface area is 157 Å². The standard InChI is InChI=1S/C20H34N2O4/c1-16(2)18(23)15-22(8-7-21-9-11-26-12-10-21)14-17-5-6-19(24-3)20(13-17)25-4/h5-6,13,16,18,23H,7-12,14-15H2,1-4H3. The van der Waals surface area contributed by atoms with E-state index in [1.807, 2.05) is 12.1 Å². The first-order valence-electron chi connectivity index (χ1n) is 9.45. The van der Waals surface area contributed by atoms with E-state index in [0.29, 0.717) is 6.54 Å². The molecule has 1 aromatic rings. The molecule has 148 valence electrons. The van der Waals surface area contributed by atoms with Gasteiger partial charge in [-0.3, -0.25) is 9.80 Å². The maximum atomic E-state index is 10.4. The summed E-state index contributed by atoms with van der Waals surface area (Å²) in [5, 5.41) is 10.4. The second-order valence-corrected chi connectivity index (χ2v) is 7.19. The summed E-state index contributed by atoms with van der Waals surface area (Å²) in [6.45, 7) is 11.0. The van der Waals surface area contributed by atoms with Crippen LogP contribution >= 0.6 is 0 Å². The van der Waals surface area contributed by atoms with Gasteiger partial charge >= 0.3 is 0 Å². The maximum Gasteiger partial charge on any atom is 0.161 e. The molecule has 1 N–H and O–H groups in total. The summed E-state index contributed by atoms with van der Waals surface area (Å²) in [4.78, 5) is 4.74. The van der Waals surface area contributed by atoms with Crippen molar-refractivity contribution in [3.63, 3.8) is 0 Å². The summed E-state index contributed by atoms with van der Waals surface area (Å²) in [7, 11) is 3.30. The molecular weight excluding hydrogens is 332 g/mol. The number of methoxy groups -OCH3 is 2. The van der Waals surface area contributed by atoms with Crippen molar-refractivity contribution in [1.82, 2.24) is 9.80 Å². The van der Waals surface area contributed by atoms with Crippen molar-refractivity contribution in [2.75, 3.05) is 60.2 Å². The molecule has 6 heteroatoms. The molecule has 0 saturated carbocycles. The molecule has 1 fully saturated rings. The number of hydrogen-bond donors (Lipinski definition) is 1. The molecule has 0 aliphatic carbocycles. The van der Waals surface area contributed by atoms with Crippen molar-refractivity contribution < 1.29 is 19.3 Å². The molecular formula is C20H34N2O4. The fourth-order valence-electron chi connectivity index (χ4n) is 3.06. The smallest absolute Gasteiger partial charge is 0.161 e. The van der Waals surface area contributed by atoms with Gasteiger partial charge in [-0.15, -0.1) is 0 Å². The van der Waals surface area contributed by atoms with Crippen molar-refractivity contribution in [1.29, 1.82) is 0 Å². The second kappa shape index (κ2) is 10.7. The van der Waals surface area contributed by atoms with Crippen molar-refractivity contribution in [3.05, 3.63) is 23.8 Å². The summed E-state index contributed by atoms with van der Waals surface area (Å²) in [5.41, 5.74) is 1.15. The number of aliphatic hydroxyl groups is 1. The Bertz CT molecular complexity index is 533. The molecule has 26 heavy (non-hydrogen) atoms. The molecule has 1 saturated heterocycles. The van der Waals surface area contributed by atoms with E-state index < -0.39 is 0 Å². The lowest BCUT2D eigenvalue weighted by Crippen LogP contribution is -2.43. The third kappa shape index (κ3) is 6.43.